The molecule has 1 heterocycles. The molecule has 20 heavy (non-hydrogen) atoms. The normalized spacial score (nSPS) is 9.85. The zero-order chi connectivity index (χ0) is 14.4. The van der Waals surface area contributed by atoms with E-state index >= 15 is 0 Å². The Morgan fingerprint density at radius 3 is 2.95 bits per heavy atom. The summed E-state index contributed by atoms with van der Waals surface area (Å²) in [5.74, 6) is 1.29. The van der Waals surface area contributed by atoms with E-state index in [1.54, 1.807) is 13.1 Å². The predicted octanol–water partition coefficient (Wildman–Crippen LogP) is 2.81. The van der Waals surface area contributed by atoms with Crippen LogP contribution in [0.5, 0.6) is 0 Å². The average Bonchev–Trinajstić information content (AvgIpc) is 2.47. The Labute approximate surface area is 126 Å². The Hall–Kier alpha value is -2.13. The molecule has 6 heteroatoms. The first-order valence-electron chi connectivity index (χ1n) is 6.13. The molecule has 0 unspecified atom stereocenters. The minimum Gasteiger partial charge on any atom is -0.370 e. The maximum Gasteiger partial charge on any atom is 0.185 e. The Balaban J connectivity index is 1.93. The van der Waals surface area contributed by atoms with Crippen LogP contribution >= 0.6 is 15.9 Å². The number of anilines is 2. The molecule has 2 aromatic rings. The molecule has 0 saturated carbocycles. The number of nitrogens with zero attached hydrogens (tertiary/aromatic N) is 4. The molecule has 0 bridgehead atoms. The van der Waals surface area contributed by atoms with Crippen molar-refractivity contribution in [3.05, 3.63) is 46.7 Å². The van der Waals surface area contributed by atoms with Gasteiger partial charge in [-0.15, -0.1) is 0 Å². The second-order valence-electron chi connectivity index (χ2n) is 4.23. The highest BCUT2D eigenvalue weighted by Gasteiger charge is 2.03. The molecule has 0 radical (unpaired) electrons. The molecule has 0 atom stereocenters. The van der Waals surface area contributed by atoms with Crippen LogP contribution in [-0.4, -0.2) is 23.6 Å². The largest absolute Gasteiger partial charge is 0.370 e. The number of hydrogen-bond acceptors (Lipinski definition) is 5. The van der Waals surface area contributed by atoms with Gasteiger partial charge in [0.05, 0.1) is 0 Å². The van der Waals surface area contributed by atoms with E-state index in [2.05, 4.69) is 43.3 Å². The van der Waals surface area contributed by atoms with Crippen molar-refractivity contribution in [3.63, 3.8) is 0 Å². The Kier molecular flexibility index (Phi) is 4.91. The van der Waals surface area contributed by atoms with Crippen LogP contribution in [0.3, 0.4) is 0 Å². The molecule has 0 fully saturated rings. The van der Waals surface area contributed by atoms with E-state index in [9.17, 15) is 0 Å². The maximum absolute atomic E-state index is 8.82. The van der Waals surface area contributed by atoms with E-state index in [-0.39, 0.29) is 0 Å². The first-order valence-corrected chi connectivity index (χ1v) is 6.92. The Morgan fingerprint density at radius 2 is 2.20 bits per heavy atom. The third-order valence-corrected chi connectivity index (χ3v) is 3.25. The van der Waals surface area contributed by atoms with Gasteiger partial charge < -0.3 is 5.32 Å². The molecular weight excluding hydrogens is 318 g/mol. The van der Waals surface area contributed by atoms with Crippen molar-refractivity contribution in [1.82, 2.24) is 9.97 Å². The van der Waals surface area contributed by atoms with Crippen LogP contribution < -0.4 is 10.2 Å². The maximum atomic E-state index is 8.82. The van der Waals surface area contributed by atoms with Gasteiger partial charge in [-0.05, 0) is 24.1 Å². The third kappa shape index (κ3) is 3.93. The number of nitrogens with one attached hydrogen (secondary N) is 1. The van der Waals surface area contributed by atoms with E-state index in [0.717, 1.165) is 17.4 Å². The zero-order valence-electron chi connectivity index (χ0n) is 11.0. The van der Waals surface area contributed by atoms with Gasteiger partial charge in [0.25, 0.3) is 0 Å². The summed E-state index contributed by atoms with van der Waals surface area (Å²) in [5.41, 5.74) is 1.25. The number of aromatic nitrogens is 2. The van der Waals surface area contributed by atoms with Crippen molar-refractivity contribution in [1.29, 1.82) is 5.26 Å². The Morgan fingerprint density at radius 1 is 1.35 bits per heavy atom. The molecule has 0 aliphatic heterocycles. The highest BCUT2D eigenvalue weighted by Crippen LogP contribution is 2.14. The van der Waals surface area contributed by atoms with E-state index < -0.39 is 0 Å². The van der Waals surface area contributed by atoms with Crippen molar-refractivity contribution in [2.45, 2.75) is 6.42 Å². The summed E-state index contributed by atoms with van der Waals surface area (Å²) in [5, 5.41) is 12.0. The van der Waals surface area contributed by atoms with Gasteiger partial charge in [-0.1, -0.05) is 28.1 Å². The molecule has 0 spiro atoms. The molecule has 0 amide bonds. The van der Waals surface area contributed by atoms with Gasteiger partial charge in [-0.25, -0.2) is 9.97 Å². The summed E-state index contributed by atoms with van der Waals surface area (Å²) in [6.07, 6.45) is 4.35. The fraction of sp³-hybridized carbons (Fsp3) is 0.214. The summed E-state index contributed by atoms with van der Waals surface area (Å²) in [6, 6.07) is 9.96. The van der Waals surface area contributed by atoms with Crippen molar-refractivity contribution >= 4 is 27.6 Å². The van der Waals surface area contributed by atoms with Crippen LogP contribution in [0.15, 0.2) is 41.1 Å². The van der Waals surface area contributed by atoms with Crippen LogP contribution in [0.2, 0.25) is 0 Å². The van der Waals surface area contributed by atoms with Crippen LogP contribution in [0, 0.1) is 11.5 Å². The molecule has 102 valence electrons. The van der Waals surface area contributed by atoms with Crippen molar-refractivity contribution in [2.75, 3.05) is 23.8 Å². The van der Waals surface area contributed by atoms with Crippen LogP contribution in [0.4, 0.5) is 11.6 Å². The van der Waals surface area contributed by atoms with Crippen LogP contribution in [-0.2, 0) is 6.42 Å². The lowest BCUT2D eigenvalue weighted by Crippen LogP contribution is -2.12. The van der Waals surface area contributed by atoms with Gasteiger partial charge in [-0.3, -0.25) is 4.90 Å². The second-order valence-corrected chi connectivity index (χ2v) is 5.14. The van der Waals surface area contributed by atoms with Gasteiger partial charge in [-0.2, -0.15) is 5.26 Å². The molecule has 1 aromatic carbocycles. The van der Waals surface area contributed by atoms with E-state index in [0.29, 0.717) is 11.6 Å². The van der Waals surface area contributed by atoms with E-state index in [1.807, 2.05) is 18.3 Å². The predicted molar refractivity (Wildman–Crippen MR) is 82.4 cm³/mol. The lowest BCUT2D eigenvalue weighted by molar-refractivity contribution is 0.993. The standard InChI is InChI=1S/C14H14BrN5/c1-20(9-16)14-8-13(18-10-19-14)17-6-5-11-3-2-4-12(15)7-11/h2-4,7-8,10H,5-6H2,1H3,(H,17,18,19). The highest BCUT2D eigenvalue weighted by atomic mass is 79.9. The minimum atomic E-state index is 0.576. The van der Waals surface area contributed by atoms with Crippen LogP contribution in [0.25, 0.3) is 0 Å². The number of rotatable bonds is 5. The van der Waals surface area contributed by atoms with E-state index in [1.165, 1.54) is 16.8 Å². The monoisotopic (exact) mass is 331 g/mol. The second kappa shape index (κ2) is 6.87. The molecule has 5 nitrogen and oxygen atoms in total. The SMILES string of the molecule is CN(C#N)c1cc(NCCc2cccc(Br)c2)ncn1. The quantitative estimate of drug-likeness (QED) is 0.674. The number of hydrogen-bond donors (Lipinski definition) is 1. The van der Waals surface area contributed by atoms with Gasteiger partial charge in [0.1, 0.15) is 18.0 Å². The van der Waals surface area contributed by atoms with Gasteiger partial charge in [0, 0.05) is 24.1 Å². The lowest BCUT2D eigenvalue weighted by Gasteiger charge is -2.10. The smallest absolute Gasteiger partial charge is 0.185 e. The third-order valence-electron chi connectivity index (χ3n) is 2.76. The molecular formula is C14H14BrN5. The van der Waals surface area contributed by atoms with Crippen molar-refractivity contribution < 1.29 is 0 Å². The fourth-order valence-electron chi connectivity index (χ4n) is 1.71. The van der Waals surface area contributed by atoms with Crippen molar-refractivity contribution in [3.8, 4) is 6.19 Å². The molecule has 0 saturated heterocycles. The summed E-state index contributed by atoms with van der Waals surface area (Å²) in [4.78, 5) is 9.56. The molecule has 0 aliphatic rings. The average molecular weight is 332 g/mol. The molecule has 2 rings (SSSR count). The van der Waals surface area contributed by atoms with Gasteiger partial charge >= 0.3 is 0 Å². The summed E-state index contributed by atoms with van der Waals surface area (Å²) in [7, 11) is 1.66. The topological polar surface area (TPSA) is 64.8 Å². The highest BCUT2D eigenvalue weighted by molar-refractivity contribution is 9.10. The number of halogens is 1. The van der Waals surface area contributed by atoms with Crippen LogP contribution in [0.1, 0.15) is 5.56 Å². The molecule has 1 aromatic heterocycles. The Bertz CT molecular complexity index is 623. The van der Waals surface area contributed by atoms with Gasteiger partial charge in [0.15, 0.2) is 6.19 Å². The summed E-state index contributed by atoms with van der Waals surface area (Å²) >= 11 is 3.46. The minimum absolute atomic E-state index is 0.576. The van der Waals surface area contributed by atoms with Gasteiger partial charge in [0.2, 0.25) is 0 Å². The lowest BCUT2D eigenvalue weighted by atomic mass is 10.1. The first kappa shape index (κ1) is 14.3. The zero-order valence-corrected chi connectivity index (χ0v) is 12.6. The number of nitriles is 1. The summed E-state index contributed by atoms with van der Waals surface area (Å²) in [6.45, 7) is 0.767. The van der Waals surface area contributed by atoms with Crippen molar-refractivity contribution in [2.24, 2.45) is 0 Å². The van der Waals surface area contributed by atoms with E-state index in [4.69, 9.17) is 5.26 Å². The molecule has 1 N–H and O–H groups in total. The molecule has 0 aliphatic carbocycles. The summed E-state index contributed by atoms with van der Waals surface area (Å²) < 4.78 is 1.08. The number of benzene rings is 1. The first-order chi connectivity index (χ1) is 9.69. The fourth-order valence-corrected chi connectivity index (χ4v) is 2.15.